The van der Waals surface area contributed by atoms with Gasteiger partial charge in [0, 0.05) is 18.1 Å². The van der Waals surface area contributed by atoms with E-state index in [4.69, 9.17) is 16.3 Å². The Morgan fingerprint density at radius 2 is 1.72 bits per heavy atom. The van der Waals surface area contributed by atoms with Gasteiger partial charge in [0.15, 0.2) is 0 Å². The number of nitrogens with one attached hydrogen (secondary N) is 1. The van der Waals surface area contributed by atoms with Crippen LogP contribution in [0.1, 0.15) is 31.4 Å². The largest absolute Gasteiger partial charge is 0.497 e. The van der Waals surface area contributed by atoms with Crippen LogP contribution in [0.3, 0.4) is 0 Å². The fourth-order valence-electron chi connectivity index (χ4n) is 4.26. The molecule has 0 fully saturated rings. The van der Waals surface area contributed by atoms with Gasteiger partial charge in [0.25, 0.3) is 10.0 Å². The van der Waals surface area contributed by atoms with Crippen LogP contribution in [0.2, 0.25) is 5.02 Å². The molecule has 0 heterocycles. The summed E-state index contributed by atoms with van der Waals surface area (Å²) in [5.74, 6) is -0.240. The molecule has 0 bridgehead atoms. The molecule has 39 heavy (non-hydrogen) atoms. The average Bonchev–Trinajstić information content (AvgIpc) is 2.93. The zero-order valence-corrected chi connectivity index (χ0v) is 24.1. The SMILES string of the molecule is CCNC(=O)[C@H](CC)N(Cc1cccc(OC)c1)C(=O)CN(c1cc(Cl)ccc1C)S(=O)(=O)c1ccccc1. The van der Waals surface area contributed by atoms with Gasteiger partial charge in [-0.1, -0.05) is 54.9 Å². The minimum Gasteiger partial charge on any atom is -0.497 e. The zero-order valence-electron chi connectivity index (χ0n) is 22.6. The highest BCUT2D eigenvalue weighted by Crippen LogP contribution is 2.30. The predicted octanol–water partition coefficient (Wildman–Crippen LogP) is 4.80. The number of ether oxygens (including phenoxy) is 1. The van der Waals surface area contributed by atoms with Gasteiger partial charge in [0.1, 0.15) is 18.3 Å². The van der Waals surface area contributed by atoms with E-state index in [1.807, 2.05) is 13.0 Å². The van der Waals surface area contributed by atoms with Gasteiger partial charge in [-0.25, -0.2) is 8.42 Å². The highest BCUT2D eigenvalue weighted by atomic mass is 35.5. The Labute approximate surface area is 235 Å². The van der Waals surface area contributed by atoms with E-state index in [0.717, 1.165) is 9.87 Å². The number of nitrogens with zero attached hydrogens (tertiary/aromatic N) is 2. The number of likely N-dealkylation sites (N-methyl/N-ethyl adjacent to an activating group) is 1. The van der Waals surface area contributed by atoms with E-state index >= 15 is 0 Å². The van der Waals surface area contributed by atoms with E-state index < -0.39 is 28.5 Å². The van der Waals surface area contributed by atoms with Crippen LogP contribution in [0.5, 0.6) is 5.75 Å². The van der Waals surface area contributed by atoms with Gasteiger partial charge in [-0.2, -0.15) is 0 Å². The first-order valence-electron chi connectivity index (χ1n) is 12.7. The molecule has 8 nitrogen and oxygen atoms in total. The van der Waals surface area contributed by atoms with Crippen molar-refractivity contribution >= 4 is 39.1 Å². The molecular formula is C29H34ClN3O5S. The molecule has 1 N–H and O–H groups in total. The van der Waals surface area contributed by atoms with E-state index in [0.29, 0.717) is 29.3 Å². The lowest BCUT2D eigenvalue weighted by atomic mass is 10.1. The first-order valence-corrected chi connectivity index (χ1v) is 14.5. The van der Waals surface area contributed by atoms with Crippen LogP contribution < -0.4 is 14.4 Å². The van der Waals surface area contributed by atoms with Crippen LogP contribution in [0.15, 0.2) is 77.7 Å². The second kappa shape index (κ2) is 13.5. The minimum absolute atomic E-state index is 0.0345. The molecule has 0 aliphatic rings. The van der Waals surface area contributed by atoms with Gasteiger partial charge in [0.2, 0.25) is 11.8 Å². The van der Waals surface area contributed by atoms with Crippen molar-refractivity contribution < 1.29 is 22.7 Å². The number of anilines is 1. The highest BCUT2D eigenvalue weighted by molar-refractivity contribution is 7.92. The van der Waals surface area contributed by atoms with Crippen molar-refractivity contribution in [3.63, 3.8) is 0 Å². The Hall–Kier alpha value is -3.56. The van der Waals surface area contributed by atoms with Crippen LogP contribution in [-0.2, 0) is 26.2 Å². The number of amides is 2. The number of halogens is 1. The molecule has 0 unspecified atom stereocenters. The minimum atomic E-state index is -4.16. The number of benzene rings is 3. The maximum atomic E-state index is 14.0. The number of carbonyl (C=O) groups is 2. The van der Waals surface area contributed by atoms with Crippen molar-refractivity contribution in [1.82, 2.24) is 10.2 Å². The summed E-state index contributed by atoms with van der Waals surface area (Å²) in [5, 5.41) is 3.12. The summed E-state index contributed by atoms with van der Waals surface area (Å²) in [6.07, 6.45) is 0.336. The van der Waals surface area contributed by atoms with Crippen molar-refractivity contribution in [3.05, 3.63) is 88.9 Å². The summed E-state index contributed by atoms with van der Waals surface area (Å²) < 4.78 is 34.2. The number of hydrogen-bond donors (Lipinski definition) is 1. The van der Waals surface area contributed by atoms with Crippen LogP contribution in [0, 0.1) is 6.92 Å². The van der Waals surface area contributed by atoms with Gasteiger partial charge in [0.05, 0.1) is 17.7 Å². The summed E-state index contributed by atoms with van der Waals surface area (Å²) in [7, 11) is -2.61. The van der Waals surface area contributed by atoms with E-state index in [9.17, 15) is 18.0 Å². The Kier molecular flexibility index (Phi) is 10.4. The zero-order chi connectivity index (χ0) is 28.6. The predicted molar refractivity (Wildman–Crippen MR) is 153 cm³/mol. The van der Waals surface area contributed by atoms with Crippen LogP contribution >= 0.6 is 11.6 Å². The molecule has 208 valence electrons. The third kappa shape index (κ3) is 7.30. The third-order valence-electron chi connectivity index (χ3n) is 6.27. The number of rotatable bonds is 12. The molecule has 10 heteroatoms. The van der Waals surface area contributed by atoms with Gasteiger partial charge in [-0.3, -0.25) is 13.9 Å². The van der Waals surface area contributed by atoms with E-state index in [-0.39, 0.29) is 23.0 Å². The molecule has 0 aliphatic heterocycles. The molecule has 1 atom stereocenters. The van der Waals surface area contributed by atoms with E-state index in [1.165, 1.54) is 23.1 Å². The maximum Gasteiger partial charge on any atom is 0.264 e. The Morgan fingerprint density at radius 3 is 2.36 bits per heavy atom. The molecule has 3 rings (SSSR count). The van der Waals surface area contributed by atoms with Crippen LogP contribution in [0.4, 0.5) is 5.69 Å². The molecule has 0 radical (unpaired) electrons. The Bertz CT molecular complexity index is 1400. The Morgan fingerprint density at radius 1 is 1.00 bits per heavy atom. The lowest BCUT2D eigenvalue weighted by Gasteiger charge is -2.33. The number of methoxy groups -OCH3 is 1. The molecule has 2 amide bonds. The van der Waals surface area contributed by atoms with Crippen molar-refractivity contribution in [2.75, 3.05) is 24.5 Å². The summed E-state index contributed by atoms with van der Waals surface area (Å²) in [5.41, 5.74) is 1.65. The van der Waals surface area contributed by atoms with Crippen molar-refractivity contribution in [1.29, 1.82) is 0 Å². The van der Waals surface area contributed by atoms with Crippen molar-refractivity contribution in [2.24, 2.45) is 0 Å². The molecule has 0 spiro atoms. The maximum absolute atomic E-state index is 14.0. The summed E-state index contributed by atoms with van der Waals surface area (Å²) >= 11 is 6.26. The third-order valence-corrected chi connectivity index (χ3v) is 8.28. The summed E-state index contributed by atoms with van der Waals surface area (Å²) in [4.78, 5) is 28.5. The van der Waals surface area contributed by atoms with Gasteiger partial charge >= 0.3 is 0 Å². The van der Waals surface area contributed by atoms with Crippen molar-refractivity contribution in [3.8, 4) is 5.75 Å². The smallest absolute Gasteiger partial charge is 0.264 e. The molecule has 3 aromatic rings. The van der Waals surface area contributed by atoms with Gasteiger partial charge < -0.3 is 15.0 Å². The molecule has 0 aliphatic carbocycles. The second-order valence-corrected chi connectivity index (χ2v) is 11.2. The normalized spacial score (nSPS) is 11.9. The summed E-state index contributed by atoms with van der Waals surface area (Å²) in [6, 6.07) is 19.2. The monoisotopic (exact) mass is 571 g/mol. The standard InChI is InChI=1S/C29H34ClN3O5S/c1-5-26(29(35)31-6-2)32(19-22-11-10-12-24(17-22)38-4)28(34)20-33(27-18-23(30)16-15-21(27)3)39(36,37)25-13-8-7-9-14-25/h7-18,26H,5-6,19-20H2,1-4H3,(H,31,35)/t26-/m0/s1. The fourth-order valence-corrected chi connectivity index (χ4v) is 5.92. The first-order chi connectivity index (χ1) is 18.6. The first kappa shape index (κ1) is 30.0. The lowest BCUT2D eigenvalue weighted by molar-refractivity contribution is -0.140. The second-order valence-electron chi connectivity index (χ2n) is 8.95. The fraction of sp³-hybridized carbons (Fsp3) is 0.310. The molecular weight excluding hydrogens is 538 g/mol. The summed E-state index contributed by atoms with van der Waals surface area (Å²) in [6.45, 7) is 5.31. The number of hydrogen-bond acceptors (Lipinski definition) is 5. The molecule has 0 saturated carbocycles. The number of sulfonamides is 1. The van der Waals surface area contributed by atoms with E-state index in [2.05, 4.69) is 5.32 Å². The number of aryl methyl sites for hydroxylation is 1. The average molecular weight is 572 g/mol. The lowest BCUT2D eigenvalue weighted by Crippen LogP contribution is -2.52. The van der Waals surface area contributed by atoms with Crippen LogP contribution in [0.25, 0.3) is 0 Å². The number of carbonyl (C=O) groups excluding carboxylic acids is 2. The van der Waals surface area contributed by atoms with E-state index in [1.54, 1.807) is 69.5 Å². The van der Waals surface area contributed by atoms with Crippen molar-refractivity contribution in [2.45, 2.75) is 44.7 Å². The quantitative estimate of drug-likeness (QED) is 0.337. The molecule has 0 aromatic heterocycles. The topological polar surface area (TPSA) is 96.0 Å². The van der Waals surface area contributed by atoms with Gasteiger partial charge in [-0.15, -0.1) is 0 Å². The Balaban J connectivity index is 2.10. The van der Waals surface area contributed by atoms with Crippen LogP contribution in [-0.4, -0.2) is 51.4 Å². The highest BCUT2D eigenvalue weighted by Gasteiger charge is 2.34. The van der Waals surface area contributed by atoms with Gasteiger partial charge in [-0.05, 0) is 67.8 Å². The molecule has 0 saturated heterocycles. The molecule has 3 aromatic carbocycles.